The number of imidazole rings is 1. The number of benzene rings is 2. The third kappa shape index (κ3) is 6.48. The van der Waals surface area contributed by atoms with E-state index < -0.39 is 24.1 Å². The number of carbonyl (C=O) groups excluding carboxylic acids is 1. The Morgan fingerprint density at radius 2 is 1.85 bits per heavy atom. The second-order valence-corrected chi connectivity index (χ2v) is 8.03. The minimum absolute atomic E-state index is 0.0222. The van der Waals surface area contributed by atoms with Gasteiger partial charge < -0.3 is 18.8 Å². The summed E-state index contributed by atoms with van der Waals surface area (Å²) in [5.41, 5.74) is 1.48. The zero-order chi connectivity index (χ0) is 24.0. The normalized spacial score (nSPS) is 12.7. The van der Waals surface area contributed by atoms with E-state index in [9.17, 15) is 18.0 Å². The molecule has 0 saturated carbocycles. The second kappa shape index (κ2) is 11.0. The summed E-state index contributed by atoms with van der Waals surface area (Å²) in [6.07, 6.45) is -4.93. The van der Waals surface area contributed by atoms with E-state index in [1.165, 1.54) is 0 Å². The molecule has 33 heavy (non-hydrogen) atoms. The van der Waals surface area contributed by atoms with E-state index in [0.29, 0.717) is 28.8 Å². The van der Waals surface area contributed by atoms with Crippen molar-refractivity contribution in [2.75, 3.05) is 19.8 Å². The number of fused-ring (bicyclic) bond motifs is 1. The Kier molecular flexibility index (Phi) is 8.36. The van der Waals surface area contributed by atoms with Crippen LogP contribution in [-0.4, -0.2) is 41.4 Å². The van der Waals surface area contributed by atoms with Gasteiger partial charge in [-0.05, 0) is 49.7 Å². The fraction of sp³-hybridized carbons (Fsp3) is 0.391. The van der Waals surface area contributed by atoms with Crippen LogP contribution in [0.25, 0.3) is 11.0 Å². The van der Waals surface area contributed by atoms with E-state index in [1.807, 2.05) is 0 Å². The Morgan fingerprint density at radius 3 is 2.48 bits per heavy atom. The largest absolute Gasteiger partial charge is 0.492 e. The number of rotatable bonds is 10. The van der Waals surface area contributed by atoms with Crippen LogP contribution in [0, 0.1) is 0 Å². The smallest absolute Gasteiger partial charge is 0.449 e. The molecule has 0 amide bonds. The van der Waals surface area contributed by atoms with Crippen molar-refractivity contribution in [1.29, 1.82) is 0 Å². The Morgan fingerprint density at radius 1 is 1.12 bits per heavy atom. The van der Waals surface area contributed by atoms with Crippen LogP contribution in [0.4, 0.5) is 13.2 Å². The first kappa shape index (κ1) is 25.0. The van der Waals surface area contributed by atoms with Crippen LogP contribution in [0.15, 0.2) is 46.9 Å². The monoisotopic (exact) mass is 528 g/mol. The van der Waals surface area contributed by atoms with Gasteiger partial charge in [0.05, 0.1) is 24.2 Å². The number of hydrogen-bond acceptors (Lipinski definition) is 5. The maximum Gasteiger partial charge on any atom is 0.449 e. The molecular weight excluding hydrogens is 505 g/mol. The molecule has 1 unspecified atom stereocenters. The van der Waals surface area contributed by atoms with Gasteiger partial charge in [0.15, 0.2) is 6.10 Å². The van der Waals surface area contributed by atoms with Gasteiger partial charge >= 0.3 is 12.1 Å². The highest BCUT2D eigenvalue weighted by Crippen LogP contribution is 2.32. The quantitative estimate of drug-likeness (QED) is 0.329. The van der Waals surface area contributed by atoms with Gasteiger partial charge in [0, 0.05) is 17.5 Å². The topological polar surface area (TPSA) is 62.6 Å². The summed E-state index contributed by atoms with van der Waals surface area (Å²) in [6.45, 7) is 4.18. The molecule has 0 fully saturated rings. The molecule has 0 bridgehead atoms. The Hall–Kier alpha value is -2.59. The molecule has 1 aromatic heterocycles. The average molecular weight is 529 g/mol. The summed E-state index contributed by atoms with van der Waals surface area (Å²) in [5, 5.41) is 0. The molecule has 0 aliphatic rings. The number of ether oxygens (including phenoxy) is 3. The second-order valence-electron chi connectivity index (χ2n) is 7.11. The van der Waals surface area contributed by atoms with Crippen LogP contribution < -0.4 is 4.74 Å². The molecule has 0 saturated heterocycles. The van der Waals surface area contributed by atoms with Crippen molar-refractivity contribution < 1.29 is 32.2 Å². The lowest BCUT2D eigenvalue weighted by molar-refractivity contribution is -0.156. The molecule has 3 rings (SSSR count). The van der Waals surface area contributed by atoms with Crippen LogP contribution in [0.5, 0.6) is 5.75 Å². The van der Waals surface area contributed by atoms with Gasteiger partial charge in [-0.2, -0.15) is 13.2 Å². The van der Waals surface area contributed by atoms with Crippen molar-refractivity contribution in [3.05, 3.63) is 58.3 Å². The predicted molar refractivity (Wildman–Crippen MR) is 120 cm³/mol. The number of alkyl halides is 3. The third-order valence-corrected chi connectivity index (χ3v) is 5.30. The zero-order valence-corrected chi connectivity index (χ0v) is 19.8. The van der Waals surface area contributed by atoms with Crippen molar-refractivity contribution in [1.82, 2.24) is 9.55 Å². The van der Waals surface area contributed by atoms with E-state index in [2.05, 4.69) is 20.9 Å². The molecular formula is C23H24BrF3N2O4. The highest BCUT2D eigenvalue weighted by molar-refractivity contribution is 9.10. The predicted octanol–water partition coefficient (Wildman–Crippen LogP) is 5.41. The van der Waals surface area contributed by atoms with Gasteiger partial charge in [0.2, 0.25) is 5.82 Å². The number of esters is 1. The highest BCUT2D eigenvalue weighted by atomic mass is 79.9. The van der Waals surface area contributed by atoms with Crippen molar-refractivity contribution in [3.8, 4) is 5.75 Å². The number of halogens is 4. The molecule has 0 radical (unpaired) electrons. The lowest BCUT2D eigenvalue weighted by Gasteiger charge is -2.16. The first-order valence-electron chi connectivity index (χ1n) is 10.5. The minimum atomic E-state index is -4.58. The molecule has 1 heterocycles. The summed E-state index contributed by atoms with van der Waals surface area (Å²) < 4.78 is 58.3. The lowest BCUT2D eigenvalue weighted by Crippen LogP contribution is -2.28. The SMILES string of the molecule is CCOC(=O)C(Cc1ccc(OCCn2c(C(F)(F)F)nc3cc(Br)ccc32)cc1)OCC. The van der Waals surface area contributed by atoms with Crippen molar-refractivity contribution in [2.45, 2.75) is 39.1 Å². The van der Waals surface area contributed by atoms with E-state index in [1.54, 1.807) is 56.3 Å². The first-order valence-corrected chi connectivity index (χ1v) is 11.2. The molecule has 0 N–H and O–H groups in total. The number of carbonyl (C=O) groups is 1. The maximum atomic E-state index is 13.5. The van der Waals surface area contributed by atoms with E-state index in [-0.39, 0.29) is 25.3 Å². The minimum Gasteiger partial charge on any atom is -0.492 e. The van der Waals surface area contributed by atoms with E-state index >= 15 is 0 Å². The zero-order valence-electron chi connectivity index (χ0n) is 18.2. The van der Waals surface area contributed by atoms with Crippen LogP contribution in [0.1, 0.15) is 25.2 Å². The molecule has 0 aliphatic heterocycles. The van der Waals surface area contributed by atoms with Gasteiger partial charge in [-0.25, -0.2) is 9.78 Å². The maximum absolute atomic E-state index is 13.5. The number of aromatic nitrogens is 2. The average Bonchev–Trinajstić information content (AvgIpc) is 3.13. The summed E-state index contributed by atoms with van der Waals surface area (Å²) >= 11 is 3.26. The Labute approximate surface area is 197 Å². The van der Waals surface area contributed by atoms with Crippen molar-refractivity contribution in [3.63, 3.8) is 0 Å². The molecule has 3 aromatic rings. The van der Waals surface area contributed by atoms with Crippen LogP contribution in [0.3, 0.4) is 0 Å². The standard InChI is InChI=1S/C23H24BrF3N2O4/c1-3-31-20(21(30)32-4-2)13-15-5-8-17(9-6-15)33-12-11-29-19-10-7-16(24)14-18(19)28-22(29)23(25,26)27/h5-10,14,20H,3-4,11-13H2,1-2H3. The Balaban J connectivity index is 1.66. The van der Waals surface area contributed by atoms with Crippen LogP contribution in [0.2, 0.25) is 0 Å². The van der Waals surface area contributed by atoms with Gasteiger partial charge in [-0.1, -0.05) is 28.1 Å². The summed E-state index contributed by atoms with van der Waals surface area (Å²) in [7, 11) is 0. The molecule has 0 aliphatic carbocycles. The van der Waals surface area contributed by atoms with E-state index in [0.717, 1.165) is 10.1 Å². The lowest BCUT2D eigenvalue weighted by atomic mass is 10.1. The summed E-state index contributed by atoms with van der Waals surface area (Å²) in [6, 6.07) is 11.8. The summed E-state index contributed by atoms with van der Waals surface area (Å²) in [4.78, 5) is 15.8. The molecule has 10 heteroatoms. The molecule has 178 valence electrons. The molecule has 1 atom stereocenters. The fourth-order valence-electron chi connectivity index (χ4n) is 3.38. The number of hydrogen-bond donors (Lipinski definition) is 0. The summed E-state index contributed by atoms with van der Waals surface area (Å²) in [5.74, 6) is -0.876. The molecule has 0 spiro atoms. The first-order chi connectivity index (χ1) is 15.7. The number of nitrogens with zero attached hydrogens (tertiary/aromatic N) is 2. The van der Waals surface area contributed by atoms with Gasteiger partial charge in [0.25, 0.3) is 0 Å². The van der Waals surface area contributed by atoms with Crippen LogP contribution >= 0.6 is 15.9 Å². The third-order valence-electron chi connectivity index (χ3n) is 4.81. The fourth-order valence-corrected chi connectivity index (χ4v) is 3.73. The van der Waals surface area contributed by atoms with Crippen molar-refractivity contribution >= 4 is 32.9 Å². The highest BCUT2D eigenvalue weighted by Gasteiger charge is 2.37. The van der Waals surface area contributed by atoms with Gasteiger partial charge in [0.1, 0.15) is 12.4 Å². The van der Waals surface area contributed by atoms with Gasteiger partial charge in [-0.3, -0.25) is 0 Å². The Bertz CT molecular complexity index is 1080. The van der Waals surface area contributed by atoms with Crippen LogP contribution in [-0.2, 0) is 33.4 Å². The van der Waals surface area contributed by atoms with Crippen molar-refractivity contribution in [2.24, 2.45) is 0 Å². The molecule has 2 aromatic carbocycles. The van der Waals surface area contributed by atoms with Gasteiger partial charge in [-0.15, -0.1) is 0 Å². The molecule has 6 nitrogen and oxygen atoms in total. The van der Waals surface area contributed by atoms with E-state index in [4.69, 9.17) is 14.2 Å².